The van der Waals surface area contributed by atoms with E-state index in [1.54, 1.807) is 4.68 Å². The van der Waals surface area contributed by atoms with Crippen molar-refractivity contribution < 1.29 is 9.53 Å². The zero-order valence-electron chi connectivity index (χ0n) is 19.5. The molecule has 0 unspecified atom stereocenters. The SMILES string of the molecule is CC/C=C/C(=C\NC)c1nn(-c2ccccc2)c(NC(=O)N[C@@H](COCC)C2CC2)c1C. The minimum Gasteiger partial charge on any atom is -0.393 e. The molecule has 7 heteroatoms. The molecule has 1 aliphatic rings. The van der Waals surface area contributed by atoms with E-state index in [-0.39, 0.29) is 12.1 Å². The molecule has 7 nitrogen and oxygen atoms in total. The van der Waals surface area contributed by atoms with E-state index < -0.39 is 0 Å². The maximum Gasteiger partial charge on any atom is 0.320 e. The van der Waals surface area contributed by atoms with Crippen molar-refractivity contribution in [3.05, 3.63) is 59.9 Å². The highest BCUT2D eigenvalue weighted by molar-refractivity contribution is 5.91. The van der Waals surface area contributed by atoms with Crippen molar-refractivity contribution in [3.63, 3.8) is 0 Å². The van der Waals surface area contributed by atoms with Crippen LogP contribution in [0.25, 0.3) is 11.3 Å². The Bertz CT molecular complexity index is 945. The smallest absolute Gasteiger partial charge is 0.320 e. The second-order valence-corrected chi connectivity index (χ2v) is 7.97. The highest BCUT2D eigenvalue weighted by atomic mass is 16.5. The molecule has 2 amide bonds. The minimum absolute atomic E-state index is 0.0232. The van der Waals surface area contributed by atoms with Crippen LogP contribution < -0.4 is 16.0 Å². The second-order valence-electron chi connectivity index (χ2n) is 7.97. The van der Waals surface area contributed by atoms with E-state index in [2.05, 4.69) is 35.0 Å². The molecule has 32 heavy (non-hydrogen) atoms. The fourth-order valence-electron chi connectivity index (χ4n) is 3.62. The van der Waals surface area contributed by atoms with Crippen molar-refractivity contribution in [3.8, 4) is 5.69 Å². The number of hydrogen-bond donors (Lipinski definition) is 3. The van der Waals surface area contributed by atoms with Gasteiger partial charge in [0.05, 0.1) is 24.0 Å². The van der Waals surface area contributed by atoms with E-state index in [1.807, 2.05) is 57.4 Å². The number of urea groups is 1. The maximum atomic E-state index is 13.0. The zero-order valence-corrected chi connectivity index (χ0v) is 19.5. The van der Waals surface area contributed by atoms with Crippen molar-refractivity contribution in [2.75, 3.05) is 25.6 Å². The molecule has 1 aromatic heterocycles. The molecule has 1 atom stereocenters. The Kier molecular flexibility index (Phi) is 8.50. The largest absolute Gasteiger partial charge is 0.393 e. The molecule has 0 spiro atoms. The number of hydrogen-bond acceptors (Lipinski definition) is 4. The van der Waals surface area contributed by atoms with E-state index in [4.69, 9.17) is 9.84 Å². The maximum absolute atomic E-state index is 13.0. The molecular weight excluding hydrogens is 402 g/mol. The van der Waals surface area contributed by atoms with E-state index in [9.17, 15) is 4.79 Å². The Balaban J connectivity index is 1.92. The molecule has 3 rings (SSSR count). The van der Waals surface area contributed by atoms with Gasteiger partial charge in [-0.15, -0.1) is 0 Å². The quantitative estimate of drug-likeness (QED) is 0.447. The number of aromatic nitrogens is 2. The van der Waals surface area contributed by atoms with Crippen LogP contribution in [0.4, 0.5) is 10.6 Å². The van der Waals surface area contributed by atoms with Gasteiger partial charge in [0, 0.05) is 31.0 Å². The van der Waals surface area contributed by atoms with Crippen LogP contribution in [0.3, 0.4) is 0 Å². The van der Waals surface area contributed by atoms with Crippen LogP contribution in [0.5, 0.6) is 0 Å². The summed E-state index contributed by atoms with van der Waals surface area (Å²) in [5, 5.41) is 14.1. The predicted octanol–water partition coefficient (Wildman–Crippen LogP) is 4.64. The lowest BCUT2D eigenvalue weighted by Crippen LogP contribution is -2.42. The summed E-state index contributed by atoms with van der Waals surface area (Å²) in [6, 6.07) is 9.62. The molecule has 0 aliphatic heterocycles. The molecule has 1 fully saturated rings. The first-order valence-electron chi connectivity index (χ1n) is 11.4. The number of anilines is 1. The number of benzene rings is 1. The monoisotopic (exact) mass is 437 g/mol. The molecule has 0 bridgehead atoms. The van der Waals surface area contributed by atoms with E-state index in [0.29, 0.717) is 24.9 Å². The number of para-hydroxylation sites is 1. The van der Waals surface area contributed by atoms with Gasteiger partial charge in [0.2, 0.25) is 0 Å². The van der Waals surface area contributed by atoms with E-state index >= 15 is 0 Å². The average Bonchev–Trinajstić information content (AvgIpc) is 3.60. The van der Waals surface area contributed by atoms with Crippen molar-refractivity contribution in [1.82, 2.24) is 20.4 Å². The summed E-state index contributed by atoms with van der Waals surface area (Å²) in [6.45, 7) is 7.23. The number of carbonyl (C=O) groups excluding carboxylic acids is 1. The normalized spacial score (nSPS) is 15.1. The standard InChI is InChI=1S/C25H35N5O2/c1-5-7-11-20(16-26-4)23-18(3)24(30(29-23)21-12-9-8-10-13-21)28-25(31)27-22(17-32-6-2)19-14-15-19/h7-13,16,19,22,26H,5-6,14-15,17H2,1-4H3,(H2,27,28,31)/b11-7+,20-16+/t22-/m0/s1. The summed E-state index contributed by atoms with van der Waals surface area (Å²) in [4.78, 5) is 13.0. The number of rotatable bonds is 11. The van der Waals surface area contributed by atoms with Crippen LogP contribution in [-0.4, -0.2) is 42.1 Å². The predicted molar refractivity (Wildman–Crippen MR) is 130 cm³/mol. The van der Waals surface area contributed by atoms with Gasteiger partial charge in [-0.2, -0.15) is 5.10 Å². The van der Waals surface area contributed by atoms with Gasteiger partial charge in [-0.25, -0.2) is 9.48 Å². The van der Waals surface area contributed by atoms with Crippen molar-refractivity contribution in [1.29, 1.82) is 0 Å². The van der Waals surface area contributed by atoms with Crippen molar-refractivity contribution in [2.24, 2.45) is 5.92 Å². The molecule has 1 aromatic carbocycles. The van der Waals surface area contributed by atoms with Gasteiger partial charge in [-0.3, -0.25) is 5.32 Å². The van der Waals surface area contributed by atoms with Crippen LogP contribution in [0.2, 0.25) is 0 Å². The van der Waals surface area contributed by atoms with Gasteiger partial charge in [0.25, 0.3) is 0 Å². The molecule has 1 heterocycles. The molecule has 172 valence electrons. The molecular formula is C25H35N5O2. The summed E-state index contributed by atoms with van der Waals surface area (Å²) in [5.41, 5.74) is 3.56. The van der Waals surface area contributed by atoms with Gasteiger partial charge >= 0.3 is 6.03 Å². The summed E-state index contributed by atoms with van der Waals surface area (Å²) >= 11 is 0. The van der Waals surface area contributed by atoms with Crippen molar-refractivity contribution >= 4 is 17.4 Å². The lowest BCUT2D eigenvalue weighted by molar-refractivity contribution is 0.119. The Hall–Kier alpha value is -3.06. The number of nitrogens with zero attached hydrogens (tertiary/aromatic N) is 2. The van der Waals surface area contributed by atoms with Crippen LogP contribution in [0.1, 0.15) is 44.4 Å². The number of amides is 2. The lowest BCUT2D eigenvalue weighted by Gasteiger charge is -2.19. The summed E-state index contributed by atoms with van der Waals surface area (Å²) in [7, 11) is 1.87. The molecule has 0 saturated heterocycles. The Morgan fingerprint density at radius 2 is 2.03 bits per heavy atom. The summed E-state index contributed by atoms with van der Waals surface area (Å²) in [6.07, 6.45) is 9.26. The first-order chi connectivity index (χ1) is 15.6. The average molecular weight is 438 g/mol. The molecule has 2 aromatic rings. The fraction of sp³-hybridized carbons (Fsp3) is 0.440. The van der Waals surface area contributed by atoms with Gasteiger partial charge in [0.1, 0.15) is 5.82 Å². The first kappa shape index (κ1) is 23.6. The van der Waals surface area contributed by atoms with Gasteiger partial charge < -0.3 is 15.4 Å². The Morgan fingerprint density at radius 1 is 1.28 bits per heavy atom. The highest BCUT2D eigenvalue weighted by Gasteiger charge is 2.32. The number of carbonyl (C=O) groups is 1. The third-order valence-electron chi connectivity index (χ3n) is 5.47. The molecule has 0 radical (unpaired) electrons. The van der Waals surface area contributed by atoms with Crippen LogP contribution in [0, 0.1) is 12.8 Å². The molecule has 3 N–H and O–H groups in total. The Labute approximate surface area is 190 Å². The van der Waals surface area contributed by atoms with Gasteiger partial charge in [-0.1, -0.05) is 37.3 Å². The number of allylic oxidation sites excluding steroid dienone is 3. The van der Waals surface area contributed by atoms with Crippen molar-refractivity contribution in [2.45, 2.75) is 46.1 Å². The molecule has 1 aliphatic carbocycles. The zero-order chi connectivity index (χ0) is 22.9. The van der Waals surface area contributed by atoms with Gasteiger partial charge in [-0.05, 0) is 51.2 Å². The molecule has 1 saturated carbocycles. The Morgan fingerprint density at radius 3 is 2.66 bits per heavy atom. The third kappa shape index (κ3) is 6.01. The number of ether oxygens (including phenoxy) is 1. The van der Waals surface area contributed by atoms with Crippen LogP contribution in [-0.2, 0) is 4.74 Å². The van der Waals surface area contributed by atoms with Crippen LogP contribution in [0.15, 0.2) is 48.7 Å². The third-order valence-corrected chi connectivity index (χ3v) is 5.47. The lowest BCUT2D eigenvalue weighted by atomic mass is 10.1. The fourth-order valence-corrected chi connectivity index (χ4v) is 3.62. The first-order valence-corrected chi connectivity index (χ1v) is 11.4. The highest BCUT2D eigenvalue weighted by Crippen LogP contribution is 2.33. The minimum atomic E-state index is -0.239. The van der Waals surface area contributed by atoms with Crippen LogP contribution >= 0.6 is 0 Å². The summed E-state index contributed by atoms with van der Waals surface area (Å²) < 4.78 is 7.38. The topological polar surface area (TPSA) is 80.2 Å². The van der Waals surface area contributed by atoms with E-state index in [1.165, 1.54) is 0 Å². The summed E-state index contributed by atoms with van der Waals surface area (Å²) in [5.74, 6) is 1.15. The van der Waals surface area contributed by atoms with E-state index in [0.717, 1.165) is 41.8 Å². The number of nitrogens with one attached hydrogen (secondary N) is 3. The van der Waals surface area contributed by atoms with Gasteiger partial charge in [0.15, 0.2) is 0 Å². The second kappa shape index (κ2) is 11.5.